The lowest BCUT2D eigenvalue weighted by atomic mass is 10.3. The summed E-state index contributed by atoms with van der Waals surface area (Å²) in [4.78, 5) is 35.2. The lowest BCUT2D eigenvalue weighted by molar-refractivity contribution is -0.148. The molecule has 1 heterocycles. The SMILES string of the molecule is C[C@H](NC(=O)c1ccco1)C(=O)OCC(=O)Nc1ccc(F)c(Cl)c1. The Morgan fingerprint density at radius 2 is 2.08 bits per heavy atom. The number of carbonyl (C=O) groups is 3. The van der Waals surface area contributed by atoms with Gasteiger partial charge in [-0.2, -0.15) is 0 Å². The third-order valence-electron chi connectivity index (χ3n) is 3.00. The lowest BCUT2D eigenvalue weighted by Crippen LogP contribution is -2.40. The Kier molecular flexibility index (Phi) is 6.13. The van der Waals surface area contributed by atoms with E-state index in [9.17, 15) is 18.8 Å². The van der Waals surface area contributed by atoms with E-state index in [4.69, 9.17) is 20.8 Å². The van der Waals surface area contributed by atoms with E-state index in [1.54, 1.807) is 0 Å². The average molecular weight is 369 g/mol. The number of anilines is 1. The number of rotatable bonds is 6. The van der Waals surface area contributed by atoms with Crippen molar-refractivity contribution in [2.24, 2.45) is 0 Å². The van der Waals surface area contributed by atoms with E-state index in [1.807, 2.05) is 0 Å². The highest BCUT2D eigenvalue weighted by atomic mass is 35.5. The van der Waals surface area contributed by atoms with Gasteiger partial charge in [0.05, 0.1) is 11.3 Å². The molecule has 0 spiro atoms. The van der Waals surface area contributed by atoms with Gasteiger partial charge in [0.1, 0.15) is 11.9 Å². The van der Waals surface area contributed by atoms with Gasteiger partial charge in [-0.05, 0) is 37.3 Å². The summed E-state index contributed by atoms with van der Waals surface area (Å²) in [6.07, 6.45) is 1.32. The van der Waals surface area contributed by atoms with Gasteiger partial charge < -0.3 is 19.8 Å². The highest BCUT2D eigenvalue weighted by Gasteiger charge is 2.20. The zero-order valence-electron chi connectivity index (χ0n) is 13.0. The van der Waals surface area contributed by atoms with Crippen LogP contribution in [-0.4, -0.2) is 30.4 Å². The van der Waals surface area contributed by atoms with Crippen molar-refractivity contribution in [3.63, 3.8) is 0 Å². The first-order valence-corrected chi connectivity index (χ1v) is 7.50. The molecule has 0 radical (unpaired) electrons. The topological polar surface area (TPSA) is 97.6 Å². The molecule has 7 nitrogen and oxygen atoms in total. The minimum Gasteiger partial charge on any atom is -0.459 e. The van der Waals surface area contributed by atoms with Crippen LogP contribution in [0.3, 0.4) is 0 Å². The summed E-state index contributed by atoms with van der Waals surface area (Å²) in [5, 5.41) is 4.62. The molecular formula is C16H14ClFN2O5. The van der Waals surface area contributed by atoms with Gasteiger partial charge in [-0.25, -0.2) is 9.18 Å². The fourth-order valence-corrected chi connectivity index (χ4v) is 1.95. The molecule has 1 atom stereocenters. The van der Waals surface area contributed by atoms with E-state index >= 15 is 0 Å². The molecule has 0 aliphatic rings. The molecule has 0 aliphatic carbocycles. The third-order valence-corrected chi connectivity index (χ3v) is 3.28. The van der Waals surface area contributed by atoms with Crippen LogP contribution in [-0.2, 0) is 14.3 Å². The van der Waals surface area contributed by atoms with Gasteiger partial charge in [-0.15, -0.1) is 0 Å². The largest absolute Gasteiger partial charge is 0.459 e. The molecule has 0 saturated heterocycles. The number of benzene rings is 1. The normalized spacial score (nSPS) is 11.5. The zero-order chi connectivity index (χ0) is 18.4. The van der Waals surface area contributed by atoms with Gasteiger partial charge in [0, 0.05) is 5.69 Å². The Hall–Kier alpha value is -2.87. The molecule has 2 amide bonds. The minimum absolute atomic E-state index is 0.0468. The van der Waals surface area contributed by atoms with Crippen LogP contribution in [0.5, 0.6) is 0 Å². The van der Waals surface area contributed by atoms with E-state index in [2.05, 4.69) is 10.6 Å². The van der Waals surface area contributed by atoms with E-state index in [-0.39, 0.29) is 16.5 Å². The van der Waals surface area contributed by atoms with Crippen molar-refractivity contribution in [1.29, 1.82) is 0 Å². The van der Waals surface area contributed by atoms with Crippen molar-refractivity contribution in [3.8, 4) is 0 Å². The number of carbonyl (C=O) groups excluding carboxylic acids is 3. The van der Waals surface area contributed by atoms with Crippen molar-refractivity contribution >= 4 is 35.1 Å². The summed E-state index contributed by atoms with van der Waals surface area (Å²) in [5.41, 5.74) is 0.256. The summed E-state index contributed by atoms with van der Waals surface area (Å²) in [7, 11) is 0. The smallest absolute Gasteiger partial charge is 0.328 e. The minimum atomic E-state index is -0.981. The Labute approximate surface area is 147 Å². The Balaban J connectivity index is 1.79. The van der Waals surface area contributed by atoms with E-state index in [0.717, 1.165) is 6.07 Å². The molecule has 0 bridgehead atoms. The van der Waals surface area contributed by atoms with Gasteiger partial charge in [0.15, 0.2) is 12.4 Å². The molecule has 25 heavy (non-hydrogen) atoms. The molecule has 0 unspecified atom stereocenters. The highest BCUT2D eigenvalue weighted by molar-refractivity contribution is 6.31. The first-order valence-electron chi connectivity index (χ1n) is 7.12. The zero-order valence-corrected chi connectivity index (χ0v) is 13.8. The standard InChI is InChI=1S/C16H14ClFN2O5/c1-9(19-15(22)13-3-2-6-24-13)16(23)25-8-14(21)20-10-4-5-12(18)11(17)7-10/h2-7,9H,8H2,1H3,(H,19,22)(H,20,21)/t9-/m0/s1. The summed E-state index contributed by atoms with van der Waals surface area (Å²) in [6, 6.07) is 5.62. The molecule has 1 aromatic heterocycles. The molecule has 0 fully saturated rings. The monoisotopic (exact) mass is 368 g/mol. The fraction of sp³-hybridized carbons (Fsp3) is 0.188. The maximum atomic E-state index is 13.0. The van der Waals surface area contributed by atoms with Crippen molar-refractivity contribution in [3.05, 3.63) is 53.2 Å². The molecule has 2 aromatic rings. The number of esters is 1. The Morgan fingerprint density at radius 3 is 2.72 bits per heavy atom. The number of hydrogen-bond donors (Lipinski definition) is 2. The van der Waals surface area contributed by atoms with Crippen molar-refractivity contribution < 1.29 is 27.9 Å². The molecule has 0 aliphatic heterocycles. The number of hydrogen-bond acceptors (Lipinski definition) is 5. The number of ether oxygens (including phenoxy) is 1. The number of furan rings is 1. The third kappa shape index (κ3) is 5.32. The predicted octanol–water partition coefficient (Wildman–Crippen LogP) is 2.37. The second-order valence-corrected chi connectivity index (χ2v) is 5.36. The molecule has 9 heteroatoms. The lowest BCUT2D eigenvalue weighted by Gasteiger charge is -2.12. The molecule has 2 rings (SSSR count). The second kappa shape index (κ2) is 8.29. The van der Waals surface area contributed by atoms with E-state index in [0.29, 0.717) is 0 Å². The first-order chi connectivity index (χ1) is 11.9. The molecule has 1 aromatic carbocycles. The summed E-state index contributed by atoms with van der Waals surface area (Å²) >= 11 is 5.60. The quantitative estimate of drug-likeness (QED) is 0.763. The van der Waals surface area contributed by atoms with Crippen LogP contribution in [0.1, 0.15) is 17.5 Å². The number of halogens is 2. The van der Waals surface area contributed by atoms with Crippen LogP contribution >= 0.6 is 11.6 Å². The van der Waals surface area contributed by atoms with Crippen LogP contribution in [0, 0.1) is 5.82 Å². The molecule has 0 saturated carbocycles. The molecule has 2 N–H and O–H groups in total. The van der Waals surface area contributed by atoms with Gasteiger partial charge in [-0.1, -0.05) is 11.6 Å². The fourth-order valence-electron chi connectivity index (χ4n) is 1.77. The van der Waals surface area contributed by atoms with Crippen LogP contribution in [0.25, 0.3) is 0 Å². The van der Waals surface area contributed by atoms with Crippen LogP contribution in [0.2, 0.25) is 5.02 Å². The van der Waals surface area contributed by atoms with Crippen LogP contribution < -0.4 is 10.6 Å². The second-order valence-electron chi connectivity index (χ2n) is 4.96. The van der Waals surface area contributed by atoms with Gasteiger partial charge in [-0.3, -0.25) is 9.59 Å². The van der Waals surface area contributed by atoms with Crippen molar-refractivity contribution in [2.75, 3.05) is 11.9 Å². The van der Waals surface area contributed by atoms with Crippen LogP contribution in [0.15, 0.2) is 41.0 Å². The van der Waals surface area contributed by atoms with Gasteiger partial charge >= 0.3 is 5.97 Å². The Morgan fingerprint density at radius 1 is 1.32 bits per heavy atom. The van der Waals surface area contributed by atoms with E-state index in [1.165, 1.54) is 37.5 Å². The Bertz CT molecular complexity index is 779. The van der Waals surface area contributed by atoms with Crippen LogP contribution in [0.4, 0.5) is 10.1 Å². The molecule has 132 valence electrons. The first kappa shape index (κ1) is 18.5. The van der Waals surface area contributed by atoms with Crippen molar-refractivity contribution in [2.45, 2.75) is 13.0 Å². The number of nitrogens with one attached hydrogen (secondary N) is 2. The average Bonchev–Trinajstić information content (AvgIpc) is 3.10. The number of amides is 2. The summed E-state index contributed by atoms with van der Waals surface area (Å²) in [6.45, 7) is 0.829. The molecular weight excluding hydrogens is 355 g/mol. The summed E-state index contributed by atoms with van der Waals surface area (Å²) < 4.78 is 22.7. The van der Waals surface area contributed by atoms with E-state index < -0.39 is 36.2 Å². The summed E-state index contributed by atoms with van der Waals surface area (Å²) in [5.74, 6) is -2.59. The van der Waals surface area contributed by atoms with Gasteiger partial charge in [0.25, 0.3) is 11.8 Å². The maximum Gasteiger partial charge on any atom is 0.328 e. The highest BCUT2D eigenvalue weighted by Crippen LogP contribution is 2.19. The maximum absolute atomic E-state index is 13.0. The van der Waals surface area contributed by atoms with Gasteiger partial charge in [0.2, 0.25) is 0 Å². The van der Waals surface area contributed by atoms with Crippen molar-refractivity contribution in [1.82, 2.24) is 5.32 Å². The predicted molar refractivity (Wildman–Crippen MR) is 86.6 cm³/mol.